The summed E-state index contributed by atoms with van der Waals surface area (Å²) >= 11 is 0. The highest BCUT2D eigenvalue weighted by molar-refractivity contribution is 5.95. The van der Waals surface area contributed by atoms with Gasteiger partial charge in [0, 0.05) is 16.6 Å². The number of carbonyl (C=O) groups excluding carboxylic acids is 1. The lowest BCUT2D eigenvalue weighted by atomic mass is 10.1. The third kappa shape index (κ3) is 4.59. The Kier molecular flexibility index (Phi) is 5.88. The standard InChI is InChI=1S/C20H18N4O5/c1-29-15-9-14(20(26)18(10-15)24(27)28)11-22-23-19(25)12-21-17-8-4-6-13-5-2-3-7-16(13)17/h2-11,21,26H,12H2,1H3,(H,23,25)/b22-11+. The van der Waals surface area contributed by atoms with Crippen LogP contribution in [0.1, 0.15) is 5.56 Å². The van der Waals surface area contributed by atoms with Crippen LogP contribution in [-0.4, -0.2) is 35.8 Å². The average molecular weight is 394 g/mol. The van der Waals surface area contributed by atoms with E-state index in [-0.39, 0.29) is 17.9 Å². The number of hydrogen-bond acceptors (Lipinski definition) is 7. The van der Waals surface area contributed by atoms with Gasteiger partial charge in [-0.1, -0.05) is 36.4 Å². The molecule has 0 unspecified atom stereocenters. The van der Waals surface area contributed by atoms with Gasteiger partial charge in [-0.3, -0.25) is 14.9 Å². The first-order valence-electron chi connectivity index (χ1n) is 8.58. The molecule has 9 heteroatoms. The Bertz CT molecular complexity index is 1090. The number of nitrogens with zero attached hydrogens (tertiary/aromatic N) is 2. The molecule has 0 atom stereocenters. The number of rotatable bonds is 7. The number of nitro benzene ring substituents is 1. The lowest BCUT2D eigenvalue weighted by Crippen LogP contribution is -2.25. The molecule has 0 aliphatic heterocycles. The number of anilines is 1. The average Bonchev–Trinajstić information content (AvgIpc) is 2.73. The molecule has 0 aromatic heterocycles. The summed E-state index contributed by atoms with van der Waals surface area (Å²) in [5.41, 5.74) is 2.64. The Morgan fingerprint density at radius 3 is 2.76 bits per heavy atom. The molecule has 9 nitrogen and oxygen atoms in total. The number of hydrogen-bond donors (Lipinski definition) is 3. The van der Waals surface area contributed by atoms with Crippen LogP contribution in [0.5, 0.6) is 11.5 Å². The summed E-state index contributed by atoms with van der Waals surface area (Å²) in [7, 11) is 1.34. The van der Waals surface area contributed by atoms with Crippen LogP contribution in [0.25, 0.3) is 10.8 Å². The van der Waals surface area contributed by atoms with E-state index >= 15 is 0 Å². The van der Waals surface area contributed by atoms with Gasteiger partial charge in [-0.05, 0) is 17.5 Å². The molecule has 3 aromatic rings. The van der Waals surface area contributed by atoms with Crippen molar-refractivity contribution < 1.29 is 19.6 Å². The second-order valence-corrected chi connectivity index (χ2v) is 6.01. The van der Waals surface area contributed by atoms with Crippen molar-refractivity contribution >= 4 is 34.3 Å². The zero-order valence-corrected chi connectivity index (χ0v) is 15.5. The number of phenolic OH excluding ortho intramolecular Hbond substituents is 1. The summed E-state index contributed by atoms with van der Waals surface area (Å²) in [4.78, 5) is 22.3. The topological polar surface area (TPSA) is 126 Å². The van der Waals surface area contributed by atoms with Gasteiger partial charge in [-0.2, -0.15) is 5.10 Å². The quantitative estimate of drug-likeness (QED) is 0.321. The van der Waals surface area contributed by atoms with E-state index in [9.17, 15) is 20.0 Å². The molecule has 3 aromatic carbocycles. The fraction of sp³-hybridized carbons (Fsp3) is 0.100. The summed E-state index contributed by atoms with van der Waals surface area (Å²) < 4.78 is 4.98. The fourth-order valence-electron chi connectivity index (χ4n) is 2.74. The van der Waals surface area contributed by atoms with E-state index in [0.717, 1.165) is 28.7 Å². The van der Waals surface area contributed by atoms with Crippen LogP contribution in [-0.2, 0) is 4.79 Å². The van der Waals surface area contributed by atoms with Crippen LogP contribution in [0.3, 0.4) is 0 Å². The number of benzene rings is 3. The van der Waals surface area contributed by atoms with Crippen molar-refractivity contribution in [2.24, 2.45) is 5.10 Å². The third-order valence-corrected chi connectivity index (χ3v) is 4.15. The van der Waals surface area contributed by atoms with Gasteiger partial charge in [-0.25, -0.2) is 5.43 Å². The van der Waals surface area contributed by atoms with E-state index in [1.165, 1.54) is 13.2 Å². The van der Waals surface area contributed by atoms with E-state index in [1.54, 1.807) is 0 Å². The SMILES string of the molecule is COc1cc(/C=N/NC(=O)CNc2cccc3ccccc23)c(O)c([N+](=O)[O-])c1. The maximum Gasteiger partial charge on any atom is 0.315 e. The second-order valence-electron chi connectivity index (χ2n) is 6.01. The minimum absolute atomic E-state index is 0.0322. The van der Waals surface area contributed by atoms with E-state index in [2.05, 4.69) is 15.8 Å². The van der Waals surface area contributed by atoms with Crippen molar-refractivity contribution in [3.63, 3.8) is 0 Å². The number of nitro groups is 1. The maximum absolute atomic E-state index is 12.0. The molecular weight excluding hydrogens is 376 g/mol. The van der Waals surface area contributed by atoms with E-state index in [0.29, 0.717) is 0 Å². The Labute approximate surface area is 165 Å². The van der Waals surface area contributed by atoms with Crippen molar-refractivity contribution in [1.29, 1.82) is 0 Å². The Hall–Kier alpha value is -4.14. The van der Waals surface area contributed by atoms with Crippen LogP contribution in [0.4, 0.5) is 11.4 Å². The molecule has 0 heterocycles. The molecule has 148 valence electrons. The van der Waals surface area contributed by atoms with Gasteiger partial charge in [0.25, 0.3) is 5.91 Å². The first-order chi connectivity index (χ1) is 14.0. The molecule has 1 amide bonds. The Morgan fingerprint density at radius 1 is 1.24 bits per heavy atom. The van der Waals surface area contributed by atoms with Crippen molar-refractivity contribution in [2.45, 2.75) is 0 Å². The molecular formula is C20H18N4O5. The predicted molar refractivity (Wildman–Crippen MR) is 109 cm³/mol. The molecule has 0 radical (unpaired) electrons. The number of fused-ring (bicyclic) bond motifs is 1. The highest BCUT2D eigenvalue weighted by atomic mass is 16.6. The molecule has 3 rings (SSSR count). The largest absolute Gasteiger partial charge is 0.502 e. The summed E-state index contributed by atoms with van der Waals surface area (Å²) in [5.74, 6) is -0.811. The van der Waals surface area contributed by atoms with Gasteiger partial charge in [0.2, 0.25) is 5.75 Å². The van der Waals surface area contributed by atoms with Crippen LogP contribution in [0.2, 0.25) is 0 Å². The first-order valence-corrected chi connectivity index (χ1v) is 8.58. The minimum Gasteiger partial charge on any atom is -0.502 e. The smallest absolute Gasteiger partial charge is 0.315 e. The molecule has 0 saturated heterocycles. The van der Waals surface area contributed by atoms with Crippen molar-refractivity contribution in [3.05, 3.63) is 70.3 Å². The van der Waals surface area contributed by atoms with E-state index < -0.39 is 22.3 Å². The fourth-order valence-corrected chi connectivity index (χ4v) is 2.74. The number of nitrogens with one attached hydrogen (secondary N) is 2. The monoisotopic (exact) mass is 394 g/mol. The summed E-state index contributed by atoms with van der Waals surface area (Å²) in [6.07, 6.45) is 1.11. The number of phenols is 1. The van der Waals surface area contributed by atoms with E-state index in [1.807, 2.05) is 42.5 Å². The summed E-state index contributed by atoms with van der Waals surface area (Å²) in [6, 6.07) is 16.0. The molecule has 0 saturated carbocycles. The molecule has 0 spiro atoms. The normalized spacial score (nSPS) is 10.8. The first kappa shape index (κ1) is 19.6. The number of hydrazone groups is 1. The summed E-state index contributed by atoms with van der Waals surface area (Å²) in [5, 5.41) is 29.8. The zero-order chi connectivity index (χ0) is 20.8. The molecule has 29 heavy (non-hydrogen) atoms. The Morgan fingerprint density at radius 2 is 2.00 bits per heavy atom. The molecule has 3 N–H and O–H groups in total. The van der Waals surface area contributed by atoms with Gasteiger partial charge < -0.3 is 15.2 Å². The van der Waals surface area contributed by atoms with Gasteiger partial charge >= 0.3 is 5.69 Å². The number of amides is 1. The number of methoxy groups -OCH3 is 1. The molecule has 0 aliphatic carbocycles. The van der Waals surface area contributed by atoms with Crippen molar-refractivity contribution in [3.8, 4) is 11.5 Å². The molecule has 0 fully saturated rings. The summed E-state index contributed by atoms with van der Waals surface area (Å²) in [6.45, 7) is -0.0322. The third-order valence-electron chi connectivity index (χ3n) is 4.15. The van der Waals surface area contributed by atoms with Gasteiger partial charge in [-0.15, -0.1) is 0 Å². The van der Waals surface area contributed by atoms with Crippen LogP contribution < -0.4 is 15.5 Å². The number of aromatic hydroxyl groups is 1. The van der Waals surface area contributed by atoms with Crippen LogP contribution in [0, 0.1) is 10.1 Å². The predicted octanol–water partition coefficient (Wildman–Crippen LogP) is 3.02. The second kappa shape index (κ2) is 8.70. The Balaban J connectivity index is 1.66. The molecule has 0 bridgehead atoms. The zero-order valence-electron chi connectivity index (χ0n) is 15.5. The number of ether oxygens (including phenoxy) is 1. The van der Waals surface area contributed by atoms with Crippen molar-refractivity contribution in [1.82, 2.24) is 5.43 Å². The lowest BCUT2D eigenvalue weighted by molar-refractivity contribution is -0.385. The molecule has 0 aliphatic rings. The minimum atomic E-state index is -0.734. The van der Waals surface area contributed by atoms with E-state index in [4.69, 9.17) is 4.74 Å². The maximum atomic E-state index is 12.0. The number of carbonyl (C=O) groups is 1. The highest BCUT2D eigenvalue weighted by Gasteiger charge is 2.18. The van der Waals surface area contributed by atoms with Crippen LogP contribution >= 0.6 is 0 Å². The lowest BCUT2D eigenvalue weighted by Gasteiger charge is -2.09. The highest BCUT2D eigenvalue weighted by Crippen LogP contribution is 2.33. The van der Waals surface area contributed by atoms with Gasteiger partial charge in [0.1, 0.15) is 5.75 Å². The van der Waals surface area contributed by atoms with Crippen LogP contribution in [0.15, 0.2) is 59.7 Å². The van der Waals surface area contributed by atoms with Gasteiger partial charge in [0.15, 0.2) is 0 Å². The van der Waals surface area contributed by atoms with Gasteiger partial charge in [0.05, 0.1) is 30.9 Å². The van der Waals surface area contributed by atoms with Crippen molar-refractivity contribution in [2.75, 3.05) is 19.0 Å².